The van der Waals surface area contributed by atoms with Gasteiger partial charge in [-0.2, -0.15) is 0 Å². The van der Waals surface area contributed by atoms with Crippen molar-refractivity contribution in [1.29, 1.82) is 0 Å². The molecule has 0 aliphatic rings. The van der Waals surface area contributed by atoms with Crippen LogP contribution in [0.5, 0.6) is 0 Å². The summed E-state index contributed by atoms with van der Waals surface area (Å²) in [5, 5.41) is 13.8. The Hall–Kier alpha value is -2.30. The molecule has 0 fully saturated rings. The van der Waals surface area contributed by atoms with Gasteiger partial charge in [-0.05, 0) is 43.0 Å². The van der Waals surface area contributed by atoms with Gasteiger partial charge in [0.05, 0.1) is 5.56 Å². The van der Waals surface area contributed by atoms with Crippen LogP contribution in [0.25, 0.3) is 11.1 Å². The van der Waals surface area contributed by atoms with Crippen molar-refractivity contribution >= 4 is 5.97 Å². The highest BCUT2D eigenvalue weighted by atomic mass is 16.4. The van der Waals surface area contributed by atoms with Crippen molar-refractivity contribution in [2.45, 2.75) is 20.8 Å². The van der Waals surface area contributed by atoms with Gasteiger partial charge in [0.25, 0.3) is 5.56 Å². The highest BCUT2D eigenvalue weighted by molar-refractivity contribution is 5.94. The fourth-order valence-corrected chi connectivity index (χ4v) is 2.01. The van der Waals surface area contributed by atoms with Gasteiger partial charge in [0.2, 0.25) is 0 Å². The average Bonchev–Trinajstić information content (AvgIpc) is 2.66. The molecule has 0 saturated carbocycles. The topological polar surface area (TPSA) is 85.9 Å². The largest absolute Gasteiger partial charge is 0.477 e. The highest BCUT2D eigenvalue weighted by Gasteiger charge is 2.19. The van der Waals surface area contributed by atoms with Gasteiger partial charge in [-0.1, -0.05) is 12.1 Å². The Labute approximate surface area is 103 Å². The Balaban J connectivity index is 2.77. The molecule has 0 aliphatic heterocycles. The quantitative estimate of drug-likeness (QED) is 0.757. The predicted octanol–water partition coefficient (Wildman–Crippen LogP) is 1.99. The van der Waals surface area contributed by atoms with Crippen LogP contribution in [-0.2, 0) is 0 Å². The van der Waals surface area contributed by atoms with E-state index in [1.807, 2.05) is 32.9 Å². The summed E-state index contributed by atoms with van der Waals surface area (Å²) < 4.78 is 0. The zero-order chi connectivity index (χ0) is 13.4. The van der Waals surface area contributed by atoms with Crippen molar-refractivity contribution in [2.24, 2.45) is 0 Å². The minimum absolute atomic E-state index is 0.105. The highest BCUT2D eigenvalue weighted by Crippen LogP contribution is 2.25. The lowest BCUT2D eigenvalue weighted by Gasteiger charge is -2.08. The number of H-pyrrole nitrogens is 2. The molecule has 0 atom stereocenters. The number of aromatic amines is 2. The van der Waals surface area contributed by atoms with Gasteiger partial charge in [0, 0.05) is 0 Å². The number of hydrogen-bond acceptors (Lipinski definition) is 2. The summed E-state index contributed by atoms with van der Waals surface area (Å²) in [5.74, 6) is -1.15. The van der Waals surface area contributed by atoms with Crippen LogP contribution in [0, 0.1) is 20.8 Å². The van der Waals surface area contributed by atoms with Crippen molar-refractivity contribution in [3.8, 4) is 11.1 Å². The molecule has 1 aromatic heterocycles. The number of carboxylic acids is 1. The van der Waals surface area contributed by atoms with Crippen molar-refractivity contribution < 1.29 is 9.90 Å². The fourth-order valence-electron chi connectivity index (χ4n) is 2.01. The number of aromatic carboxylic acids is 1. The first-order valence-electron chi connectivity index (χ1n) is 5.54. The van der Waals surface area contributed by atoms with Crippen molar-refractivity contribution in [3.05, 3.63) is 44.9 Å². The zero-order valence-corrected chi connectivity index (χ0v) is 10.4. The Bertz CT molecular complexity index is 680. The van der Waals surface area contributed by atoms with Gasteiger partial charge in [0.15, 0.2) is 5.69 Å². The third kappa shape index (κ3) is 1.84. The van der Waals surface area contributed by atoms with E-state index in [4.69, 9.17) is 5.11 Å². The number of aryl methyl sites for hydroxylation is 3. The monoisotopic (exact) mass is 246 g/mol. The van der Waals surface area contributed by atoms with E-state index >= 15 is 0 Å². The van der Waals surface area contributed by atoms with Crippen LogP contribution in [0.2, 0.25) is 0 Å². The molecule has 0 spiro atoms. The molecule has 18 heavy (non-hydrogen) atoms. The number of hydrogen-bond donors (Lipinski definition) is 3. The van der Waals surface area contributed by atoms with E-state index in [2.05, 4.69) is 10.2 Å². The molecular weight excluding hydrogens is 232 g/mol. The van der Waals surface area contributed by atoms with E-state index in [1.54, 1.807) is 0 Å². The summed E-state index contributed by atoms with van der Waals surface area (Å²) in [6.07, 6.45) is 0. The second-order valence-corrected chi connectivity index (χ2v) is 4.39. The van der Waals surface area contributed by atoms with Crippen LogP contribution in [0.15, 0.2) is 16.9 Å². The van der Waals surface area contributed by atoms with E-state index in [0.29, 0.717) is 5.56 Å². The average molecular weight is 246 g/mol. The number of nitrogens with one attached hydrogen (secondary N) is 2. The molecule has 2 aromatic rings. The van der Waals surface area contributed by atoms with Gasteiger partial charge in [-0.15, -0.1) is 0 Å². The van der Waals surface area contributed by atoms with Gasteiger partial charge < -0.3 is 5.11 Å². The summed E-state index contributed by atoms with van der Waals surface area (Å²) in [6.45, 7) is 5.77. The van der Waals surface area contributed by atoms with E-state index in [9.17, 15) is 9.59 Å². The molecule has 0 saturated heterocycles. The molecule has 2 rings (SSSR count). The number of aromatic nitrogens is 2. The molecule has 0 aliphatic carbocycles. The Morgan fingerprint density at radius 1 is 1.06 bits per heavy atom. The van der Waals surface area contributed by atoms with Crippen LogP contribution >= 0.6 is 0 Å². The van der Waals surface area contributed by atoms with Gasteiger partial charge in [-0.25, -0.2) is 4.79 Å². The smallest absolute Gasteiger partial charge is 0.354 e. The molecule has 1 aromatic carbocycles. The first-order chi connectivity index (χ1) is 8.41. The van der Waals surface area contributed by atoms with E-state index in [0.717, 1.165) is 16.7 Å². The predicted molar refractivity (Wildman–Crippen MR) is 68.0 cm³/mol. The molecule has 1 heterocycles. The van der Waals surface area contributed by atoms with Crippen molar-refractivity contribution in [2.75, 3.05) is 0 Å². The van der Waals surface area contributed by atoms with E-state index in [1.165, 1.54) is 0 Å². The van der Waals surface area contributed by atoms with Gasteiger partial charge in [-0.3, -0.25) is 15.0 Å². The number of benzene rings is 1. The summed E-state index contributed by atoms with van der Waals surface area (Å²) in [4.78, 5) is 22.8. The van der Waals surface area contributed by atoms with Crippen molar-refractivity contribution in [1.82, 2.24) is 10.2 Å². The first-order valence-corrected chi connectivity index (χ1v) is 5.54. The lowest BCUT2D eigenvalue weighted by atomic mass is 9.95. The maximum atomic E-state index is 11.7. The van der Waals surface area contributed by atoms with Crippen LogP contribution in [0.3, 0.4) is 0 Å². The molecular formula is C13H14N2O3. The second kappa shape index (κ2) is 4.18. The molecule has 0 radical (unpaired) electrons. The number of carbonyl (C=O) groups is 1. The van der Waals surface area contributed by atoms with Gasteiger partial charge >= 0.3 is 5.97 Å². The fraction of sp³-hybridized carbons (Fsp3) is 0.231. The molecule has 5 nitrogen and oxygen atoms in total. The van der Waals surface area contributed by atoms with Crippen LogP contribution in [0.4, 0.5) is 0 Å². The lowest BCUT2D eigenvalue weighted by Crippen LogP contribution is -2.06. The lowest BCUT2D eigenvalue weighted by molar-refractivity contribution is 0.0691. The first kappa shape index (κ1) is 12.2. The summed E-state index contributed by atoms with van der Waals surface area (Å²) in [6, 6.07) is 3.79. The standard InChI is InChI=1S/C13H14N2O3/c1-6-4-8(3)9(5-7(6)2)10-11(13(17)18)14-15-12(10)16/h4-5H,1-3H3,(H,17,18)(H2,14,15,16). The minimum Gasteiger partial charge on any atom is -0.477 e. The molecule has 0 bridgehead atoms. The molecule has 0 unspecified atom stereocenters. The second-order valence-electron chi connectivity index (χ2n) is 4.39. The molecule has 3 N–H and O–H groups in total. The SMILES string of the molecule is Cc1cc(C)c(-c2c(C(=O)O)[nH][nH]c2=O)cc1C. The Morgan fingerprint density at radius 2 is 1.67 bits per heavy atom. The number of carboxylic acid groups (broad SMARTS) is 1. The maximum absolute atomic E-state index is 11.7. The zero-order valence-electron chi connectivity index (χ0n) is 10.4. The third-order valence-electron chi connectivity index (χ3n) is 3.10. The van der Waals surface area contributed by atoms with E-state index < -0.39 is 11.5 Å². The normalized spacial score (nSPS) is 10.6. The molecule has 94 valence electrons. The number of rotatable bonds is 2. The van der Waals surface area contributed by atoms with Crippen LogP contribution < -0.4 is 5.56 Å². The van der Waals surface area contributed by atoms with Gasteiger partial charge in [0.1, 0.15) is 0 Å². The molecule has 0 amide bonds. The Morgan fingerprint density at radius 3 is 2.28 bits per heavy atom. The minimum atomic E-state index is -1.15. The van der Waals surface area contributed by atoms with Crippen LogP contribution in [-0.4, -0.2) is 21.3 Å². The van der Waals surface area contributed by atoms with E-state index in [-0.39, 0.29) is 11.3 Å². The molecule has 5 heteroatoms. The summed E-state index contributed by atoms with van der Waals surface area (Å²) in [7, 11) is 0. The summed E-state index contributed by atoms with van der Waals surface area (Å²) >= 11 is 0. The Kier molecular flexibility index (Phi) is 2.82. The van der Waals surface area contributed by atoms with Crippen molar-refractivity contribution in [3.63, 3.8) is 0 Å². The van der Waals surface area contributed by atoms with Crippen LogP contribution in [0.1, 0.15) is 27.2 Å². The summed E-state index contributed by atoms with van der Waals surface area (Å²) in [5.41, 5.74) is 3.32. The third-order valence-corrected chi connectivity index (χ3v) is 3.10. The maximum Gasteiger partial charge on any atom is 0.354 e.